The molecule has 3 rings (SSSR count). The van der Waals surface area contributed by atoms with Crippen molar-refractivity contribution in [2.45, 2.75) is 4.90 Å². The Labute approximate surface area is 222 Å². The van der Waals surface area contributed by atoms with Crippen molar-refractivity contribution in [2.75, 3.05) is 27.1 Å². The van der Waals surface area contributed by atoms with Crippen molar-refractivity contribution in [3.63, 3.8) is 0 Å². The van der Waals surface area contributed by atoms with E-state index in [1.165, 1.54) is 60.7 Å². The quantitative estimate of drug-likeness (QED) is 0.356. The average molecular weight is 597 g/mol. The molecule has 0 spiro atoms. The summed E-state index contributed by atoms with van der Waals surface area (Å²) in [6.07, 6.45) is 0.935. The van der Waals surface area contributed by atoms with E-state index in [2.05, 4.69) is 10.0 Å². The number of nitrogens with one attached hydrogen (secondary N) is 2. The molecule has 0 bridgehead atoms. The Morgan fingerprint density at radius 3 is 1.94 bits per heavy atom. The molecule has 0 aliphatic carbocycles. The Balaban J connectivity index is 1.74. The van der Waals surface area contributed by atoms with Crippen molar-refractivity contribution in [3.8, 4) is 0 Å². The molecule has 0 saturated heterocycles. The number of anilines is 3. The van der Waals surface area contributed by atoms with Crippen molar-refractivity contribution < 1.29 is 21.6 Å². The highest BCUT2D eigenvalue weighted by Crippen LogP contribution is 2.31. The van der Waals surface area contributed by atoms with Crippen LogP contribution < -0.4 is 14.3 Å². The molecule has 0 unspecified atom stereocenters. The van der Waals surface area contributed by atoms with Gasteiger partial charge in [0.1, 0.15) is 6.54 Å². The molecule has 2 N–H and O–H groups in total. The van der Waals surface area contributed by atoms with Crippen LogP contribution in [0.5, 0.6) is 0 Å². The van der Waals surface area contributed by atoms with Gasteiger partial charge in [-0.3, -0.25) is 13.8 Å². The number of sulfonamides is 2. The maximum atomic E-state index is 12.7. The third-order valence-electron chi connectivity index (χ3n) is 4.49. The normalized spacial score (nSPS) is 11.7. The van der Waals surface area contributed by atoms with E-state index in [-0.39, 0.29) is 32.0 Å². The lowest BCUT2D eigenvalue weighted by Crippen LogP contribution is -2.37. The SMILES string of the molecule is CS(=O)(=O)N(CC(=O)Nc1ccc(S(=O)(=O)Nc2ccc(Cl)cc2Cl)cc1)c1ccc(Cl)cc1Cl. The fourth-order valence-electron chi connectivity index (χ4n) is 2.89. The highest BCUT2D eigenvalue weighted by atomic mass is 35.5. The van der Waals surface area contributed by atoms with Crippen LogP contribution in [-0.4, -0.2) is 35.5 Å². The standard InChI is InChI=1S/C21H17Cl4N3O5S2/c1-34(30,31)28(20-9-3-14(23)11-18(20)25)12-21(29)26-15-4-6-16(7-5-15)35(32,33)27-19-8-2-13(22)10-17(19)24/h2-11,27H,12H2,1H3,(H,26,29). The molecule has 0 saturated carbocycles. The summed E-state index contributed by atoms with van der Waals surface area (Å²) in [7, 11) is -7.84. The molecular formula is C21H17Cl4N3O5S2. The summed E-state index contributed by atoms with van der Waals surface area (Å²) in [5.41, 5.74) is 0.478. The summed E-state index contributed by atoms with van der Waals surface area (Å²) < 4.78 is 53.0. The van der Waals surface area contributed by atoms with Crippen LogP contribution in [0.25, 0.3) is 0 Å². The van der Waals surface area contributed by atoms with Crippen molar-refractivity contribution in [2.24, 2.45) is 0 Å². The van der Waals surface area contributed by atoms with Crippen molar-refractivity contribution in [1.82, 2.24) is 0 Å². The molecule has 3 aromatic carbocycles. The van der Waals surface area contributed by atoms with Crippen LogP contribution in [0, 0.1) is 0 Å². The Morgan fingerprint density at radius 2 is 1.40 bits per heavy atom. The number of rotatable bonds is 8. The Hall–Kier alpha value is -2.21. The number of amides is 1. The van der Waals surface area contributed by atoms with Gasteiger partial charge in [0.25, 0.3) is 10.0 Å². The smallest absolute Gasteiger partial charge is 0.261 e. The van der Waals surface area contributed by atoms with E-state index in [0.29, 0.717) is 10.0 Å². The number of carbonyl (C=O) groups excluding carboxylic acids is 1. The highest BCUT2D eigenvalue weighted by Gasteiger charge is 2.23. The van der Waals surface area contributed by atoms with E-state index in [0.717, 1.165) is 10.6 Å². The summed E-state index contributed by atoms with van der Waals surface area (Å²) in [4.78, 5) is 12.5. The molecule has 186 valence electrons. The van der Waals surface area contributed by atoms with E-state index >= 15 is 0 Å². The van der Waals surface area contributed by atoms with E-state index in [1.807, 2.05) is 0 Å². The monoisotopic (exact) mass is 595 g/mol. The Morgan fingerprint density at radius 1 is 0.829 bits per heavy atom. The van der Waals surface area contributed by atoms with Gasteiger partial charge in [-0.15, -0.1) is 0 Å². The lowest BCUT2D eigenvalue weighted by molar-refractivity contribution is -0.114. The zero-order chi connectivity index (χ0) is 26.0. The topological polar surface area (TPSA) is 113 Å². The van der Waals surface area contributed by atoms with Gasteiger partial charge in [0.15, 0.2) is 0 Å². The fourth-order valence-corrected chi connectivity index (χ4v) is 5.91. The van der Waals surface area contributed by atoms with Gasteiger partial charge in [0.2, 0.25) is 15.9 Å². The van der Waals surface area contributed by atoms with Crippen LogP contribution in [0.2, 0.25) is 20.1 Å². The van der Waals surface area contributed by atoms with E-state index in [1.54, 1.807) is 0 Å². The lowest BCUT2D eigenvalue weighted by Gasteiger charge is -2.23. The van der Waals surface area contributed by atoms with Crippen molar-refractivity contribution in [3.05, 3.63) is 80.8 Å². The average Bonchev–Trinajstić information content (AvgIpc) is 2.74. The first-order valence-electron chi connectivity index (χ1n) is 9.57. The van der Waals surface area contributed by atoms with Gasteiger partial charge in [0.05, 0.1) is 32.6 Å². The number of benzene rings is 3. The minimum Gasteiger partial charge on any atom is -0.325 e. The Bertz CT molecular complexity index is 1480. The van der Waals surface area contributed by atoms with Gasteiger partial charge in [-0.2, -0.15) is 0 Å². The second-order valence-corrected chi connectivity index (χ2v) is 12.4. The molecule has 0 aliphatic rings. The van der Waals surface area contributed by atoms with Crippen LogP contribution in [0.4, 0.5) is 17.1 Å². The molecule has 8 nitrogen and oxygen atoms in total. The maximum Gasteiger partial charge on any atom is 0.261 e. The van der Waals surface area contributed by atoms with Crippen LogP contribution in [0.15, 0.2) is 65.6 Å². The fraction of sp³-hybridized carbons (Fsp3) is 0.0952. The lowest BCUT2D eigenvalue weighted by atomic mass is 10.3. The van der Waals surface area contributed by atoms with E-state index < -0.39 is 32.5 Å². The predicted molar refractivity (Wildman–Crippen MR) is 141 cm³/mol. The molecule has 0 atom stereocenters. The third kappa shape index (κ3) is 7.16. The van der Waals surface area contributed by atoms with E-state index in [4.69, 9.17) is 46.4 Å². The van der Waals surface area contributed by atoms with Crippen LogP contribution in [0.3, 0.4) is 0 Å². The van der Waals surface area contributed by atoms with Gasteiger partial charge in [-0.1, -0.05) is 46.4 Å². The number of hydrogen-bond donors (Lipinski definition) is 2. The predicted octanol–water partition coefficient (Wildman–Crippen LogP) is 5.51. The molecule has 0 heterocycles. The molecule has 0 radical (unpaired) electrons. The first-order valence-corrected chi connectivity index (χ1v) is 14.4. The largest absolute Gasteiger partial charge is 0.325 e. The van der Waals surface area contributed by atoms with Crippen LogP contribution in [-0.2, 0) is 24.8 Å². The number of halogens is 4. The molecule has 14 heteroatoms. The molecule has 0 aliphatic heterocycles. The second-order valence-electron chi connectivity index (χ2n) is 7.17. The maximum absolute atomic E-state index is 12.7. The van der Waals surface area contributed by atoms with Crippen LogP contribution >= 0.6 is 46.4 Å². The molecule has 0 fully saturated rings. The van der Waals surface area contributed by atoms with Gasteiger partial charge in [0, 0.05) is 15.7 Å². The number of nitrogens with zero attached hydrogens (tertiary/aromatic N) is 1. The zero-order valence-corrected chi connectivity index (χ0v) is 22.5. The zero-order valence-electron chi connectivity index (χ0n) is 17.8. The molecule has 1 amide bonds. The van der Waals surface area contributed by atoms with Crippen LogP contribution in [0.1, 0.15) is 0 Å². The minimum atomic E-state index is -3.98. The molecule has 3 aromatic rings. The first kappa shape index (κ1) is 27.4. The van der Waals surface area contributed by atoms with Gasteiger partial charge in [-0.25, -0.2) is 16.8 Å². The second kappa shape index (κ2) is 10.8. The van der Waals surface area contributed by atoms with Gasteiger partial charge in [-0.05, 0) is 60.7 Å². The third-order valence-corrected chi connectivity index (χ3v) is 8.08. The summed E-state index contributed by atoms with van der Waals surface area (Å²) in [6.45, 7) is -0.573. The van der Waals surface area contributed by atoms with Crippen molar-refractivity contribution in [1.29, 1.82) is 0 Å². The van der Waals surface area contributed by atoms with Gasteiger partial charge >= 0.3 is 0 Å². The van der Waals surface area contributed by atoms with Gasteiger partial charge < -0.3 is 5.32 Å². The summed E-state index contributed by atoms with van der Waals surface area (Å²) in [5.74, 6) is -0.678. The highest BCUT2D eigenvalue weighted by molar-refractivity contribution is 7.92. The molecule has 0 aromatic heterocycles. The summed E-state index contributed by atoms with van der Waals surface area (Å²) in [6, 6.07) is 13.8. The molecule has 35 heavy (non-hydrogen) atoms. The molecular weight excluding hydrogens is 580 g/mol. The Kier molecular flexibility index (Phi) is 8.46. The minimum absolute atomic E-state index is 0.0542. The number of hydrogen-bond acceptors (Lipinski definition) is 5. The van der Waals surface area contributed by atoms with Crippen molar-refractivity contribution >= 4 is 89.4 Å². The summed E-state index contributed by atoms with van der Waals surface area (Å²) >= 11 is 23.8. The summed E-state index contributed by atoms with van der Waals surface area (Å²) in [5, 5.41) is 3.36. The van der Waals surface area contributed by atoms with E-state index in [9.17, 15) is 21.6 Å². The first-order chi connectivity index (χ1) is 16.3. The number of carbonyl (C=O) groups is 1.